The minimum Gasteiger partial charge on any atom is -0.496 e. The first-order valence-electron chi connectivity index (χ1n) is 5.51. The molecule has 1 rings (SSSR count). The molecule has 4 heteroatoms. The maximum absolute atomic E-state index is 11.5. The van der Waals surface area contributed by atoms with Gasteiger partial charge in [-0.2, -0.15) is 0 Å². The van der Waals surface area contributed by atoms with Crippen molar-refractivity contribution < 1.29 is 19.4 Å². The molecule has 0 heterocycles. The van der Waals surface area contributed by atoms with Gasteiger partial charge in [-0.05, 0) is 31.9 Å². The second-order valence-electron chi connectivity index (χ2n) is 3.80. The number of aryl methyl sites for hydroxylation is 2. The molecule has 1 unspecified atom stereocenters. The summed E-state index contributed by atoms with van der Waals surface area (Å²) in [6.07, 6.45) is -1.30. The highest BCUT2D eigenvalue weighted by Gasteiger charge is 2.25. The highest BCUT2D eigenvalue weighted by molar-refractivity contribution is 5.78. The Balaban J connectivity index is 3.20. The van der Waals surface area contributed by atoms with Gasteiger partial charge in [0.2, 0.25) is 0 Å². The number of aliphatic hydroxyl groups is 1. The van der Waals surface area contributed by atoms with Gasteiger partial charge in [0.1, 0.15) is 5.75 Å². The van der Waals surface area contributed by atoms with Crippen molar-refractivity contribution in [3.05, 3.63) is 28.8 Å². The third kappa shape index (κ3) is 2.77. The maximum atomic E-state index is 11.5. The van der Waals surface area contributed by atoms with Gasteiger partial charge in [-0.25, -0.2) is 4.79 Å². The molecule has 0 amide bonds. The quantitative estimate of drug-likeness (QED) is 0.814. The first-order valence-corrected chi connectivity index (χ1v) is 5.51. The molecule has 0 aromatic heterocycles. The Morgan fingerprint density at radius 2 is 1.94 bits per heavy atom. The topological polar surface area (TPSA) is 55.8 Å². The smallest absolute Gasteiger partial charge is 0.339 e. The molecule has 0 aliphatic heterocycles. The second-order valence-corrected chi connectivity index (χ2v) is 3.80. The number of methoxy groups -OCH3 is 1. The average molecular weight is 238 g/mol. The molecule has 0 saturated carbocycles. The molecule has 0 radical (unpaired) electrons. The first-order chi connectivity index (χ1) is 8.02. The van der Waals surface area contributed by atoms with Crippen LogP contribution in [0, 0.1) is 13.8 Å². The van der Waals surface area contributed by atoms with Gasteiger partial charge in [0.25, 0.3) is 0 Å². The summed E-state index contributed by atoms with van der Waals surface area (Å²) in [5.41, 5.74) is 2.15. The van der Waals surface area contributed by atoms with Gasteiger partial charge in [0, 0.05) is 5.56 Å². The summed E-state index contributed by atoms with van der Waals surface area (Å²) < 4.78 is 10.0. The van der Waals surface area contributed by atoms with Crippen molar-refractivity contribution in [2.24, 2.45) is 0 Å². The largest absolute Gasteiger partial charge is 0.496 e. The zero-order valence-electron chi connectivity index (χ0n) is 10.6. The van der Waals surface area contributed by atoms with E-state index >= 15 is 0 Å². The predicted octanol–water partition coefficient (Wildman–Crippen LogP) is 1.91. The molecule has 1 aromatic carbocycles. The molecule has 0 bridgehead atoms. The number of aliphatic hydroxyl groups excluding tert-OH is 1. The van der Waals surface area contributed by atoms with Gasteiger partial charge in [-0.3, -0.25) is 0 Å². The van der Waals surface area contributed by atoms with E-state index in [-0.39, 0.29) is 6.61 Å². The summed E-state index contributed by atoms with van der Waals surface area (Å²) >= 11 is 0. The van der Waals surface area contributed by atoms with Crippen molar-refractivity contribution in [3.63, 3.8) is 0 Å². The lowest BCUT2D eigenvalue weighted by Gasteiger charge is -2.17. The SMILES string of the molecule is CCOC(=O)C(O)c1c(C)ccc(C)c1OC. The number of benzene rings is 1. The van der Waals surface area contributed by atoms with Crippen molar-refractivity contribution in [1.82, 2.24) is 0 Å². The molecular formula is C13H18O4. The summed E-state index contributed by atoms with van der Waals surface area (Å²) in [4.78, 5) is 11.5. The minimum atomic E-state index is -1.30. The van der Waals surface area contributed by atoms with Crippen LogP contribution in [0.3, 0.4) is 0 Å². The van der Waals surface area contributed by atoms with E-state index < -0.39 is 12.1 Å². The minimum absolute atomic E-state index is 0.239. The summed E-state index contributed by atoms with van der Waals surface area (Å²) in [5.74, 6) is -0.120. The number of hydrogen-bond acceptors (Lipinski definition) is 4. The molecule has 17 heavy (non-hydrogen) atoms. The number of ether oxygens (including phenoxy) is 2. The van der Waals surface area contributed by atoms with Crippen molar-refractivity contribution >= 4 is 5.97 Å². The van der Waals surface area contributed by atoms with E-state index in [2.05, 4.69) is 0 Å². The van der Waals surface area contributed by atoms with Gasteiger partial charge in [0.15, 0.2) is 6.10 Å². The molecule has 1 aromatic rings. The van der Waals surface area contributed by atoms with Crippen LogP contribution in [0.4, 0.5) is 0 Å². The first kappa shape index (κ1) is 13.5. The van der Waals surface area contributed by atoms with Gasteiger partial charge in [0.05, 0.1) is 13.7 Å². The van der Waals surface area contributed by atoms with Crippen molar-refractivity contribution in [2.45, 2.75) is 26.9 Å². The molecule has 1 N–H and O–H groups in total. The lowest BCUT2D eigenvalue weighted by Crippen LogP contribution is -2.17. The van der Waals surface area contributed by atoms with E-state index in [1.54, 1.807) is 6.92 Å². The molecule has 94 valence electrons. The zero-order valence-corrected chi connectivity index (χ0v) is 10.6. The number of rotatable bonds is 4. The average Bonchev–Trinajstić information content (AvgIpc) is 2.31. The zero-order chi connectivity index (χ0) is 13.0. The van der Waals surface area contributed by atoms with Crippen LogP contribution in [-0.4, -0.2) is 24.8 Å². The summed E-state index contributed by atoms with van der Waals surface area (Å²) in [6, 6.07) is 3.73. The molecule has 0 aliphatic rings. The van der Waals surface area contributed by atoms with Crippen LogP contribution in [0.25, 0.3) is 0 Å². The number of hydrogen-bond donors (Lipinski definition) is 1. The molecule has 0 spiro atoms. The third-order valence-corrected chi connectivity index (χ3v) is 2.60. The molecular weight excluding hydrogens is 220 g/mol. The lowest BCUT2D eigenvalue weighted by molar-refractivity contribution is -0.153. The van der Waals surface area contributed by atoms with E-state index in [0.717, 1.165) is 11.1 Å². The second kappa shape index (κ2) is 5.68. The Bertz CT molecular complexity index is 412. The van der Waals surface area contributed by atoms with Gasteiger partial charge >= 0.3 is 5.97 Å². The molecule has 0 aliphatic carbocycles. The lowest BCUT2D eigenvalue weighted by atomic mass is 9.99. The fourth-order valence-corrected chi connectivity index (χ4v) is 1.76. The number of carbonyl (C=O) groups is 1. The predicted molar refractivity (Wildman–Crippen MR) is 64.1 cm³/mol. The normalized spacial score (nSPS) is 12.1. The van der Waals surface area contributed by atoms with Crippen LogP contribution in [0.15, 0.2) is 12.1 Å². The van der Waals surface area contributed by atoms with Gasteiger partial charge in [-0.1, -0.05) is 12.1 Å². The van der Waals surface area contributed by atoms with Crippen molar-refractivity contribution in [3.8, 4) is 5.75 Å². The fourth-order valence-electron chi connectivity index (χ4n) is 1.76. The van der Waals surface area contributed by atoms with Crippen LogP contribution >= 0.6 is 0 Å². The maximum Gasteiger partial charge on any atom is 0.339 e. The number of carbonyl (C=O) groups excluding carboxylic acids is 1. The molecule has 0 fully saturated rings. The molecule has 0 saturated heterocycles. The summed E-state index contributed by atoms with van der Waals surface area (Å²) in [5, 5.41) is 9.98. The monoisotopic (exact) mass is 238 g/mol. The Morgan fingerprint density at radius 1 is 1.35 bits per heavy atom. The van der Waals surface area contributed by atoms with E-state index in [9.17, 15) is 9.90 Å². The van der Waals surface area contributed by atoms with Crippen molar-refractivity contribution in [1.29, 1.82) is 0 Å². The van der Waals surface area contributed by atoms with Gasteiger partial charge in [-0.15, -0.1) is 0 Å². The van der Waals surface area contributed by atoms with Crippen LogP contribution in [0.2, 0.25) is 0 Å². The standard InChI is InChI=1S/C13H18O4/c1-5-17-13(15)11(14)10-8(2)6-7-9(3)12(10)16-4/h6-7,11,14H,5H2,1-4H3. The fraction of sp³-hybridized carbons (Fsp3) is 0.462. The summed E-state index contributed by atoms with van der Waals surface area (Å²) in [7, 11) is 1.52. The van der Waals surface area contributed by atoms with Crippen LogP contribution in [-0.2, 0) is 9.53 Å². The Morgan fingerprint density at radius 3 is 2.47 bits per heavy atom. The van der Waals surface area contributed by atoms with Crippen LogP contribution in [0.1, 0.15) is 29.7 Å². The highest BCUT2D eigenvalue weighted by atomic mass is 16.5. The molecule has 4 nitrogen and oxygen atoms in total. The highest BCUT2D eigenvalue weighted by Crippen LogP contribution is 2.32. The van der Waals surface area contributed by atoms with E-state index in [1.807, 2.05) is 26.0 Å². The number of esters is 1. The summed E-state index contributed by atoms with van der Waals surface area (Å²) in [6.45, 7) is 5.62. The molecule has 1 atom stereocenters. The van der Waals surface area contributed by atoms with E-state index in [4.69, 9.17) is 9.47 Å². The Hall–Kier alpha value is -1.55. The Kier molecular flexibility index (Phi) is 4.52. The third-order valence-electron chi connectivity index (χ3n) is 2.60. The van der Waals surface area contributed by atoms with Crippen LogP contribution in [0.5, 0.6) is 5.75 Å². The van der Waals surface area contributed by atoms with E-state index in [0.29, 0.717) is 11.3 Å². The van der Waals surface area contributed by atoms with Crippen molar-refractivity contribution in [2.75, 3.05) is 13.7 Å². The Labute approximate surface area is 101 Å². The van der Waals surface area contributed by atoms with Crippen LogP contribution < -0.4 is 4.74 Å². The van der Waals surface area contributed by atoms with Gasteiger partial charge < -0.3 is 14.6 Å². The van der Waals surface area contributed by atoms with E-state index in [1.165, 1.54) is 7.11 Å².